The molecule has 6 heteroatoms. The average molecular weight is 334 g/mol. The van der Waals surface area contributed by atoms with E-state index in [1.54, 1.807) is 13.8 Å². The summed E-state index contributed by atoms with van der Waals surface area (Å²) in [6, 6.07) is 0. The molecule has 0 saturated heterocycles. The minimum atomic E-state index is -0.426. The molecule has 0 aliphatic carbocycles. The summed E-state index contributed by atoms with van der Waals surface area (Å²) >= 11 is 0. The Kier molecular flexibility index (Phi) is 12.0. The SMILES string of the molecule is CC(C)C(=O)OOC(C)(C)C.CCCC(=O)OOC(C)(C)CC. The van der Waals surface area contributed by atoms with Crippen molar-refractivity contribution in [1.82, 2.24) is 0 Å². The molecule has 0 amide bonds. The van der Waals surface area contributed by atoms with Crippen LogP contribution in [0.2, 0.25) is 0 Å². The summed E-state index contributed by atoms with van der Waals surface area (Å²) in [6.45, 7) is 16.6. The van der Waals surface area contributed by atoms with Crippen LogP contribution in [0.25, 0.3) is 0 Å². The van der Waals surface area contributed by atoms with Crippen LogP contribution < -0.4 is 0 Å². The zero-order valence-corrected chi connectivity index (χ0v) is 16.1. The molecule has 0 heterocycles. The van der Waals surface area contributed by atoms with Crippen molar-refractivity contribution < 1.29 is 29.1 Å². The summed E-state index contributed by atoms with van der Waals surface area (Å²) in [5.74, 6) is -0.767. The Morgan fingerprint density at radius 3 is 1.78 bits per heavy atom. The first kappa shape index (κ1) is 24.1. The molecule has 23 heavy (non-hydrogen) atoms. The fourth-order valence-electron chi connectivity index (χ4n) is 0.726. The lowest BCUT2D eigenvalue weighted by Gasteiger charge is -2.20. The molecule has 0 bridgehead atoms. The highest BCUT2D eigenvalue weighted by atomic mass is 17.2. The molecular weight excluding hydrogens is 300 g/mol. The van der Waals surface area contributed by atoms with Crippen LogP contribution in [-0.4, -0.2) is 23.1 Å². The van der Waals surface area contributed by atoms with E-state index in [-0.39, 0.29) is 23.5 Å². The van der Waals surface area contributed by atoms with Gasteiger partial charge in [0.05, 0.1) is 5.92 Å². The van der Waals surface area contributed by atoms with Crippen LogP contribution in [0, 0.1) is 5.92 Å². The molecule has 0 unspecified atom stereocenters. The van der Waals surface area contributed by atoms with Gasteiger partial charge in [-0.1, -0.05) is 27.7 Å². The third-order valence-corrected chi connectivity index (χ3v) is 2.51. The first-order chi connectivity index (χ1) is 10.3. The Bertz CT molecular complexity index is 341. The second kappa shape index (κ2) is 11.4. The highest BCUT2D eigenvalue weighted by molar-refractivity contribution is 5.70. The Morgan fingerprint density at radius 1 is 0.913 bits per heavy atom. The first-order valence-corrected chi connectivity index (χ1v) is 8.12. The summed E-state index contributed by atoms with van der Waals surface area (Å²) in [6.07, 6.45) is 2.01. The van der Waals surface area contributed by atoms with E-state index in [4.69, 9.17) is 9.78 Å². The molecule has 0 aliphatic heterocycles. The van der Waals surface area contributed by atoms with Crippen molar-refractivity contribution in [3.05, 3.63) is 0 Å². The lowest BCUT2D eigenvalue weighted by Crippen LogP contribution is -2.25. The van der Waals surface area contributed by atoms with Crippen molar-refractivity contribution in [3.63, 3.8) is 0 Å². The van der Waals surface area contributed by atoms with E-state index in [2.05, 4.69) is 9.78 Å². The van der Waals surface area contributed by atoms with Crippen molar-refractivity contribution in [3.8, 4) is 0 Å². The second-order valence-corrected chi connectivity index (χ2v) is 7.15. The third kappa shape index (κ3) is 17.1. The molecule has 138 valence electrons. The fourth-order valence-corrected chi connectivity index (χ4v) is 0.726. The van der Waals surface area contributed by atoms with E-state index in [1.165, 1.54) is 0 Å². The van der Waals surface area contributed by atoms with Crippen molar-refractivity contribution >= 4 is 11.9 Å². The third-order valence-electron chi connectivity index (χ3n) is 2.51. The van der Waals surface area contributed by atoms with E-state index in [1.807, 2.05) is 48.5 Å². The van der Waals surface area contributed by atoms with Gasteiger partial charge in [-0.15, -0.1) is 0 Å². The van der Waals surface area contributed by atoms with Gasteiger partial charge in [-0.3, -0.25) is 9.78 Å². The molecule has 0 aliphatic rings. The summed E-state index contributed by atoms with van der Waals surface area (Å²) in [5, 5.41) is 0. The quantitative estimate of drug-likeness (QED) is 0.509. The number of carbonyl (C=O) groups excluding carboxylic acids is 2. The summed E-state index contributed by atoms with van der Waals surface area (Å²) in [5.41, 5.74) is -0.798. The molecule has 0 fully saturated rings. The van der Waals surface area contributed by atoms with E-state index < -0.39 is 5.60 Å². The molecule has 0 aromatic heterocycles. The van der Waals surface area contributed by atoms with Gasteiger partial charge in [-0.2, -0.15) is 9.78 Å². The van der Waals surface area contributed by atoms with Gasteiger partial charge in [0.25, 0.3) is 0 Å². The molecular formula is C17H34O6. The zero-order valence-electron chi connectivity index (χ0n) is 16.1. The van der Waals surface area contributed by atoms with Crippen LogP contribution >= 0.6 is 0 Å². The Balaban J connectivity index is 0. The maximum absolute atomic E-state index is 10.9. The molecule has 0 aromatic carbocycles. The average Bonchev–Trinajstić information content (AvgIpc) is 2.43. The summed E-state index contributed by atoms with van der Waals surface area (Å²) in [7, 11) is 0. The van der Waals surface area contributed by atoms with Crippen LogP contribution in [0.1, 0.15) is 81.6 Å². The van der Waals surface area contributed by atoms with Gasteiger partial charge in [0, 0.05) is 6.42 Å². The summed E-state index contributed by atoms with van der Waals surface area (Å²) < 4.78 is 0. The van der Waals surface area contributed by atoms with Crippen LogP contribution in [0.3, 0.4) is 0 Å². The van der Waals surface area contributed by atoms with Gasteiger partial charge < -0.3 is 0 Å². The van der Waals surface area contributed by atoms with E-state index in [0.717, 1.165) is 12.8 Å². The zero-order chi connectivity index (χ0) is 18.7. The largest absolute Gasteiger partial charge is 0.344 e. The van der Waals surface area contributed by atoms with Crippen molar-refractivity contribution in [2.24, 2.45) is 5.92 Å². The van der Waals surface area contributed by atoms with Crippen LogP contribution in [-0.2, 0) is 29.1 Å². The van der Waals surface area contributed by atoms with Gasteiger partial charge in [0.15, 0.2) is 0 Å². The topological polar surface area (TPSA) is 71.1 Å². The molecule has 6 nitrogen and oxygen atoms in total. The fraction of sp³-hybridized carbons (Fsp3) is 0.882. The normalized spacial score (nSPS) is 11.6. The van der Waals surface area contributed by atoms with Crippen molar-refractivity contribution in [1.29, 1.82) is 0 Å². The van der Waals surface area contributed by atoms with Crippen molar-refractivity contribution in [2.45, 2.75) is 92.8 Å². The minimum Gasteiger partial charge on any atom is -0.298 e. The first-order valence-electron chi connectivity index (χ1n) is 8.12. The maximum atomic E-state index is 10.9. The molecule has 0 N–H and O–H groups in total. The highest BCUT2D eigenvalue weighted by Gasteiger charge is 2.19. The van der Waals surface area contributed by atoms with Gasteiger partial charge in [0.1, 0.15) is 11.2 Å². The predicted molar refractivity (Wildman–Crippen MR) is 88.2 cm³/mol. The molecule has 0 spiro atoms. The molecule has 0 radical (unpaired) electrons. The monoisotopic (exact) mass is 334 g/mol. The Labute approximate surface area is 140 Å². The van der Waals surface area contributed by atoms with E-state index >= 15 is 0 Å². The van der Waals surface area contributed by atoms with Crippen LogP contribution in [0.5, 0.6) is 0 Å². The Morgan fingerprint density at radius 2 is 1.43 bits per heavy atom. The lowest BCUT2D eigenvalue weighted by molar-refractivity contribution is -0.325. The highest BCUT2D eigenvalue weighted by Crippen LogP contribution is 2.14. The maximum Gasteiger partial charge on any atom is 0.344 e. The Hall–Kier alpha value is -1.14. The van der Waals surface area contributed by atoms with Crippen LogP contribution in [0.4, 0.5) is 0 Å². The van der Waals surface area contributed by atoms with Gasteiger partial charge >= 0.3 is 11.9 Å². The molecule has 0 aromatic rings. The van der Waals surface area contributed by atoms with Crippen LogP contribution in [0.15, 0.2) is 0 Å². The predicted octanol–water partition coefficient (Wildman–Crippen LogP) is 4.37. The number of carbonyl (C=O) groups is 2. The number of rotatable bonds is 7. The van der Waals surface area contributed by atoms with Gasteiger partial charge in [0.2, 0.25) is 0 Å². The minimum absolute atomic E-state index is 0.141. The molecule has 0 saturated carbocycles. The van der Waals surface area contributed by atoms with Crippen molar-refractivity contribution in [2.75, 3.05) is 0 Å². The smallest absolute Gasteiger partial charge is 0.298 e. The number of hydrogen-bond acceptors (Lipinski definition) is 6. The molecule has 0 rings (SSSR count). The van der Waals surface area contributed by atoms with E-state index in [9.17, 15) is 9.59 Å². The standard InChI is InChI=1S/C9H18O3.C8H16O3/c1-5-7-8(10)11-12-9(3,4)6-2;1-6(2)7(9)10-11-8(3,4)5/h5-7H2,1-4H3;6H,1-5H3. The van der Waals surface area contributed by atoms with E-state index in [0.29, 0.717) is 6.42 Å². The van der Waals surface area contributed by atoms with Gasteiger partial charge in [-0.05, 0) is 47.5 Å². The molecule has 0 atom stereocenters. The summed E-state index contributed by atoms with van der Waals surface area (Å²) in [4.78, 5) is 40.6. The lowest BCUT2D eigenvalue weighted by atomic mass is 10.1. The number of hydrogen-bond donors (Lipinski definition) is 0. The second-order valence-electron chi connectivity index (χ2n) is 7.15. The van der Waals surface area contributed by atoms with Gasteiger partial charge in [-0.25, -0.2) is 9.59 Å².